The Morgan fingerprint density at radius 3 is 2.67 bits per heavy atom. The van der Waals surface area contributed by atoms with Crippen molar-refractivity contribution in [2.75, 3.05) is 63.3 Å². The highest BCUT2D eigenvalue weighted by atomic mass is 16.5. The molecular weight excluding hydrogens is 346 g/mol. The first kappa shape index (κ1) is 19.8. The van der Waals surface area contributed by atoms with Crippen molar-refractivity contribution in [3.63, 3.8) is 0 Å². The Hall–Kier alpha value is -1.93. The Morgan fingerprint density at radius 2 is 2.07 bits per heavy atom. The minimum Gasteiger partial charge on any atom is -0.481 e. The number of rotatable bonds is 6. The van der Waals surface area contributed by atoms with Gasteiger partial charge < -0.3 is 24.5 Å². The number of ether oxygens (including phenoxy) is 1. The molecule has 0 spiro atoms. The van der Waals surface area contributed by atoms with Crippen LogP contribution in [0.15, 0.2) is 6.20 Å². The van der Waals surface area contributed by atoms with Crippen LogP contribution >= 0.6 is 0 Å². The van der Waals surface area contributed by atoms with E-state index in [9.17, 15) is 9.90 Å². The number of anilines is 2. The van der Waals surface area contributed by atoms with Crippen molar-refractivity contribution in [2.24, 2.45) is 0 Å². The van der Waals surface area contributed by atoms with Crippen molar-refractivity contribution in [3.05, 3.63) is 11.8 Å². The zero-order chi connectivity index (χ0) is 19.6. The monoisotopic (exact) mass is 377 g/mol. The smallest absolute Gasteiger partial charge is 0.313 e. The molecule has 8 heteroatoms. The number of carboxylic acids is 1. The van der Waals surface area contributed by atoms with Crippen LogP contribution in [-0.2, 0) is 14.9 Å². The number of nitrogens with zero attached hydrogens (tertiary/aromatic N) is 5. The summed E-state index contributed by atoms with van der Waals surface area (Å²) in [6.45, 7) is 8.04. The first-order valence-electron chi connectivity index (χ1n) is 9.65. The van der Waals surface area contributed by atoms with Crippen LogP contribution in [0.25, 0.3) is 0 Å². The van der Waals surface area contributed by atoms with Crippen LogP contribution in [0.5, 0.6) is 0 Å². The molecule has 2 aliphatic rings. The van der Waals surface area contributed by atoms with E-state index in [4.69, 9.17) is 9.72 Å². The molecular formula is C19H31N5O3. The predicted molar refractivity (Wildman–Crippen MR) is 105 cm³/mol. The van der Waals surface area contributed by atoms with Gasteiger partial charge in [0.15, 0.2) is 0 Å². The summed E-state index contributed by atoms with van der Waals surface area (Å²) >= 11 is 0. The fraction of sp³-hybridized carbons (Fsp3) is 0.737. The van der Waals surface area contributed by atoms with Gasteiger partial charge in [-0.15, -0.1) is 0 Å². The van der Waals surface area contributed by atoms with Crippen molar-refractivity contribution in [1.29, 1.82) is 0 Å². The van der Waals surface area contributed by atoms with Crippen LogP contribution in [0, 0.1) is 0 Å². The molecule has 27 heavy (non-hydrogen) atoms. The molecule has 2 fully saturated rings. The van der Waals surface area contributed by atoms with Crippen LogP contribution < -0.4 is 9.80 Å². The fourth-order valence-electron chi connectivity index (χ4n) is 3.73. The Labute approximate surface area is 161 Å². The molecule has 0 amide bonds. The minimum atomic E-state index is -1.06. The number of carbonyl (C=O) groups is 1. The Kier molecular flexibility index (Phi) is 5.86. The summed E-state index contributed by atoms with van der Waals surface area (Å²) in [6, 6.07) is 0.501. The van der Waals surface area contributed by atoms with E-state index in [1.165, 1.54) is 12.8 Å². The van der Waals surface area contributed by atoms with E-state index < -0.39 is 11.4 Å². The van der Waals surface area contributed by atoms with E-state index in [2.05, 4.69) is 26.7 Å². The van der Waals surface area contributed by atoms with E-state index in [1.54, 1.807) is 20.0 Å². The molecule has 3 rings (SSSR count). The zero-order valence-electron chi connectivity index (χ0n) is 16.8. The number of hydrogen-bond acceptors (Lipinski definition) is 7. The number of likely N-dealkylation sites (N-methyl/N-ethyl adjacent to an activating group) is 2. The van der Waals surface area contributed by atoms with E-state index in [1.807, 2.05) is 7.05 Å². The van der Waals surface area contributed by atoms with Crippen molar-refractivity contribution >= 4 is 17.7 Å². The summed E-state index contributed by atoms with van der Waals surface area (Å²) < 4.78 is 5.45. The summed E-state index contributed by atoms with van der Waals surface area (Å²) in [7, 11) is 4.16. The van der Waals surface area contributed by atoms with Crippen LogP contribution in [0.3, 0.4) is 0 Å². The molecule has 0 radical (unpaired) electrons. The molecule has 2 saturated heterocycles. The lowest BCUT2D eigenvalue weighted by Gasteiger charge is -2.33. The van der Waals surface area contributed by atoms with Crippen molar-refractivity contribution < 1.29 is 14.6 Å². The fourth-order valence-corrected chi connectivity index (χ4v) is 3.73. The van der Waals surface area contributed by atoms with Gasteiger partial charge in [-0.2, -0.15) is 4.98 Å². The van der Waals surface area contributed by atoms with Crippen LogP contribution in [-0.4, -0.2) is 85.5 Å². The summed E-state index contributed by atoms with van der Waals surface area (Å²) in [4.78, 5) is 27.7. The molecule has 0 aromatic carbocycles. The maximum Gasteiger partial charge on any atom is 0.313 e. The van der Waals surface area contributed by atoms with Gasteiger partial charge in [-0.05, 0) is 40.3 Å². The lowest BCUT2D eigenvalue weighted by atomic mass is 9.85. The van der Waals surface area contributed by atoms with Gasteiger partial charge in [0.05, 0.1) is 18.6 Å². The Morgan fingerprint density at radius 1 is 1.37 bits per heavy atom. The number of hydrogen-bond donors (Lipinski definition) is 1. The van der Waals surface area contributed by atoms with E-state index in [-0.39, 0.29) is 0 Å². The average molecular weight is 377 g/mol. The third-order valence-corrected chi connectivity index (χ3v) is 5.77. The minimum absolute atomic E-state index is 0.501. The third-order valence-electron chi connectivity index (χ3n) is 5.77. The molecule has 1 aromatic rings. The molecule has 2 aliphatic heterocycles. The lowest BCUT2D eigenvalue weighted by molar-refractivity contribution is -0.142. The highest BCUT2D eigenvalue weighted by Crippen LogP contribution is 2.32. The second kappa shape index (κ2) is 7.98. The summed E-state index contributed by atoms with van der Waals surface area (Å²) in [5.41, 5.74) is -0.414. The number of carboxylic acid groups (broad SMARTS) is 1. The van der Waals surface area contributed by atoms with Crippen molar-refractivity contribution in [1.82, 2.24) is 14.9 Å². The Bertz CT molecular complexity index is 675. The van der Waals surface area contributed by atoms with Gasteiger partial charge in [-0.3, -0.25) is 4.79 Å². The van der Waals surface area contributed by atoms with E-state index in [0.717, 1.165) is 13.1 Å². The highest BCUT2D eigenvalue weighted by Gasteiger charge is 2.35. The van der Waals surface area contributed by atoms with Crippen molar-refractivity contribution in [3.8, 4) is 0 Å². The van der Waals surface area contributed by atoms with Gasteiger partial charge in [0.1, 0.15) is 5.82 Å². The normalized spacial score (nSPS) is 21.5. The quantitative estimate of drug-likeness (QED) is 0.792. The standard InChI is InChI=1S/C19H31N5O3/c1-19(2,17(25)26)15-12-20-18(21-16(15)24-8-10-27-11-9-24)23(4)13-14-6-5-7-22(14)3/h12,14H,5-11,13H2,1-4H3,(H,25,26)/t14-/m0/s1. The topological polar surface area (TPSA) is 82.0 Å². The maximum atomic E-state index is 11.8. The van der Waals surface area contributed by atoms with E-state index >= 15 is 0 Å². The van der Waals surface area contributed by atoms with Crippen LogP contribution in [0.1, 0.15) is 32.3 Å². The highest BCUT2D eigenvalue weighted by molar-refractivity contribution is 5.82. The predicted octanol–water partition coefficient (Wildman–Crippen LogP) is 1.21. The molecule has 1 atom stereocenters. The Balaban J connectivity index is 1.91. The van der Waals surface area contributed by atoms with Gasteiger partial charge in [0.25, 0.3) is 0 Å². The zero-order valence-corrected chi connectivity index (χ0v) is 16.8. The van der Waals surface area contributed by atoms with Gasteiger partial charge in [0, 0.05) is 44.5 Å². The third kappa shape index (κ3) is 4.16. The molecule has 0 unspecified atom stereocenters. The summed E-state index contributed by atoms with van der Waals surface area (Å²) in [5.74, 6) is 0.471. The molecule has 0 aliphatic carbocycles. The molecule has 3 heterocycles. The molecule has 1 aromatic heterocycles. The molecule has 8 nitrogen and oxygen atoms in total. The molecule has 150 valence electrons. The second-order valence-corrected chi connectivity index (χ2v) is 8.09. The maximum absolute atomic E-state index is 11.8. The molecule has 0 saturated carbocycles. The number of aromatic nitrogens is 2. The molecule has 1 N–H and O–H groups in total. The summed E-state index contributed by atoms with van der Waals surface area (Å²) in [5, 5.41) is 9.70. The van der Waals surface area contributed by atoms with Crippen molar-refractivity contribution in [2.45, 2.75) is 38.1 Å². The SMILES string of the molecule is CN(C[C@@H]1CCCN1C)c1ncc(C(C)(C)C(=O)O)c(N2CCOCC2)n1. The van der Waals surface area contributed by atoms with Gasteiger partial charge in [0.2, 0.25) is 5.95 Å². The number of morpholine rings is 1. The summed E-state index contributed by atoms with van der Waals surface area (Å²) in [6.07, 6.45) is 4.10. The second-order valence-electron chi connectivity index (χ2n) is 8.09. The van der Waals surface area contributed by atoms with Crippen LogP contribution in [0.4, 0.5) is 11.8 Å². The lowest BCUT2D eigenvalue weighted by Crippen LogP contribution is -2.41. The first-order valence-corrected chi connectivity index (χ1v) is 9.65. The van der Waals surface area contributed by atoms with Crippen LogP contribution in [0.2, 0.25) is 0 Å². The molecule has 0 bridgehead atoms. The average Bonchev–Trinajstić information content (AvgIpc) is 3.06. The number of likely N-dealkylation sites (tertiary alicyclic amines) is 1. The van der Waals surface area contributed by atoms with Gasteiger partial charge in [-0.1, -0.05) is 0 Å². The number of aliphatic carboxylic acids is 1. The van der Waals surface area contributed by atoms with Gasteiger partial charge >= 0.3 is 5.97 Å². The van der Waals surface area contributed by atoms with Gasteiger partial charge in [-0.25, -0.2) is 4.98 Å². The van der Waals surface area contributed by atoms with E-state index in [0.29, 0.717) is 49.7 Å². The first-order chi connectivity index (χ1) is 12.8. The largest absolute Gasteiger partial charge is 0.481 e.